The van der Waals surface area contributed by atoms with Crippen molar-refractivity contribution in [2.45, 2.75) is 19.4 Å². The van der Waals surface area contributed by atoms with Crippen LogP contribution in [0, 0.1) is 0 Å². The number of benzene rings is 1. The maximum Gasteiger partial charge on any atom is 0.282 e. The fraction of sp³-hybridized carbons (Fsp3) is 0.538. The average Bonchev–Trinajstić information content (AvgIpc) is 2.44. The van der Waals surface area contributed by atoms with Crippen molar-refractivity contribution in [1.29, 1.82) is 0 Å². The van der Waals surface area contributed by atoms with Gasteiger partial charge < -0.3 is 5.11 Å². The van der Waals surface area contributed by atoms with Gasteiger partial charge in [0.15, 0.2) is 0 Å². The summed E-state index contributed by atoms with van der Waals surface area (Å²) in [5, 5.41) is 8.79. The zero-order valence-electron chi connectivity index (χ0n) is 11.1. The first kappa shape index (κ1) is 14.5. The second kappa shape index (κ2) is 6.00. The summed E-state index contributed by atoms with van der Waals surface area (Å²) in [4.78, 5) is 0. The molecule has 0 saturated carbocycles. The van der Waals surface area contributed by atoms with E-state index in [9.17, 15) is 8.42 Å². The first-order valence-electron chi connectivity index (χ1n) is 6.45. The number of fused-ring (bicyclic) bond motifs is 1. The Labute approximate surface area is 114 Å². The molecule has 2 rings (SSSR count). The van der Waals surface area contributed by atoms with E-state index in [1.54, 1.807) is 7.05 Å². The lowest BCUT2D eigenvalue weighted by Gasteiger charge is -2.31. The van der Waals surface area contributed by atoms with Gasteiger partial charge in [0.1, 0.15) is 0 Å². The van der Waals surface area contributed by atoms with E-state index < -0.39 is 10.2 Å². The van der Waals surface area contributed by atoms with Gasteiger partial charge in [-0.25, -0.2) is 0 Å². The highest BCUT2D eigenvalue weighted by Crippen LogP contribution is 2.22. The van der Waals surface area contributed by atoms with Gasteiger partial charge in [0.05, 0.1) is 0 Å². The molecule has 0 unspecified atom stereocenters. The molecule has 0 amide bonds. The molecule has 0 aromatic heterocycles. The Kier molecular flexibility index (Phi) is 4.57. The topological polar surface area (TPSA) is 60.9 Å². The van der Waals surface area contributed by atoms with Gasteiger partial charge in [-0.2, -0.15) is 17.0 Å². The molecule has 1 aromatic carbocycles. The van der Waals surface area contributed by atoms with Crippen LogP contribution in [0.2, 0.25) is 0 Å². The molecular formula is C13H20N2O3S. The van der Waals surface area contributed by atoms with E-state index in [0.717, 1.165) is 12.0 Å². The fourth-order valence-corrected chi connectivity index (χ4v) is 3.65. The smallest absolute Gasteiger partial charge is 0.282 e. The van der Waals surface area contributed by atoms with Crippen LogP contribution < -0.4 is 0 Å². The minimum atomic E-state index is -3.42. The SMILES string of the molecule is CN(CCCO)S(=O)(=O)N1CCc2ccccc2C1. The molecule has 1 aliphatic heterocycles. The van der Waals surface area contributed by atoms with Crippen LogP contribution >= 0.6 is 0 Å². The summed E-state index contributed by atoms with van der Waals surface area (Å²) >= 11 is 0. The van der Waals surface area contributed by atoms with Gasteiger partial charge in [0.25, 0.3) is 10.2 Å². The number of rotatable bonds is 5. The van der Waals surface area contributed by atoms with Gasteiger partial charge in [-0.1, -0.05) is 24.3 Å². The van der Waals surface area contributed by atoms with Gasteiger partial charge in [-0.05, 0) is 24.0 Å². The Morgan fingerprint density at radius 2 is 2.00 bits per heavy atom. The van der Waals surface area contributed by atoms with Crippen LogP contribution in [-0.2, 0) is 23.2 Å². The van der Waals surface area contributed by atoms with Crippen LogP contribution in [-0.4, -0.2) is 48.9 Å². The van der Waals surface area contributed by atoms with Gasteiger partial charge in [-0.3, -0.25) is 0 Å². The Bertz CT molecular complexity index is 530. The highest BCUT2D eigenvalue weighted by atomic mass is 32.2. The van der Waals surface area contributed by atoms with E-state index in [4.69, 9.17) is 5.11 Å². The van der Waals surface area contributed by atoms with Crippen molar-refractivity contribution in [2.24, 2.45) is 0 Å². The van der Waals surface area contributed by atoms with Crippen molar-refractivity contribution in [1.82, 2.24) is 8.61 Å². The van der Waals surface area contributed by atoms with Crippen molar-refractivity contribution in [2.75, 3.05) is 26.7 Å². The Morgan fingerprint density at radius 1 is 1.32 bits per heavy atom. The predicted molar refractivity (Wildman–Crippen MR) is 73.8 cm³/mol. The van der Waals surface area contributed by atoms with E-state index in [1.807, 2.05) is 18.2 Å². The van der Waals surface area contributed by atoms with E-state index in [-0.39, 0.29) is 6.61 Å². The monoisotopic (exact) mass is 284 g/mol. The average molecular weight is 284 g/mol. The van der Waals surface area contributed by atoms with Crippen molar-refractivity contribution in [3.05, 3.63) is 35.4 Å². The normalized spacial score (nSPS) is 16.6. The Hall–Kier alpha value is -0.950. The summed E-state index contributed by atoms with van der Waals surface area (Å²) in [5.74, 6) is 0. The lowest BCUT2D eigenvalue weighted by molar-refractivity contribution is 0.270. The number of hydrogen-bond donors (Lipinski definition) is 1. The quantitative estimate of drug-likeness (QED) is 0.861. The largest absolute Gasteiger partial charge is 0.396 e. The van der Waals surface area contributed by atoms with Crippen LogP contribution in [0.3, 0.4) is 0 Å². The highest BCUT2D eigenvalue weighted by Gasteiger charge is 2.29. The second-order valence-electron chi connectivity index (χ2n) is 4.76. The van der Waals surface area contributed by atoms with Crippen molar-refractivity contribution < 1.29 is 13.5 Å². The zero-order chi connectivity index (χ0) is 13.9. The van der Waals surface area contributed by atoms with Gasteiger partial charge in [0.2, 0.25) is 0 Å². The Balaban J connectivity index is 2.11. The summed E-state index contributed by atoms with van der Waals surface area (Å²) in [6, 6.07) is 7.94. The van der Waals surface area contributed by atoms with Gasteiger partial charge in [-0.15, -0.1) is 0 Å². The van der Waals surface area contributed by atoms with Crippen LogP contribution in [0.4, 0.5) is 0 Å². The second-order valence-corrected chi connectivity index (χ2v) is 6.79. The molecule has 6 heteroatoms. The van der Waals surface area contributed by atoms with Crippen molar-refractivity contribution in [3.63, 3.8) is 0 Å². The summed E-state index contributed by atoms with van der Waals surface area (Å²) in [7, 11) is -1.86. The first-order valence-corrected chi connectivity index (χ1v) is 7.84. The molecule has 0 atom stereocenters. The van der Waals surface area contributed by atoms with E-state index in [0.29, 0.717) is 26.1 Å². The maximum absolute atomic E-state index is 12.4. The van der Waals surface area contributed by atoms with Crippen molar-refractivity contribution in [3.8, 4) is 0 Å². The molecule has 106 valence electrons. The molecule has 0 aliphatic carbocycles. The summed E-state index contributed by atoms with van der Waals surface area (Å²) in [5.41, 5.74) is 2.31. The lowest BCUT2D eigenvalue weighted by atomic mass is 10.0. The number of hydrogen-bond acceptors (Lipinski definition) is 3. The van der Waals surface area contributed by atoms with Crippen molar-refractivity contribution >= 4 is 10.2 Å². The molecule has 1 aromatic rings. The van der Waals surface area contributed by atoms with Crippen LogP contribution in [0.1, 0.15) is 17.5 Å². The molecule has 0 radical (unpaired) electrons. The molecule has 0 saturated heterocycles. The first-order chi connectivity index (χ1) is 9.05. The standard InChI is InChI=1S/C13H20N2O3S/c1-14(8-4-10-16)19(17,18)15-9-7-12-5-2-3-6-13(12)11-15/h2-3,5-6,16H,4,7-11H2,1H3. The van der Waals surface area contributed by atoms with E-state index in [2.05, 4.69) is 6.07 Å². The highest BCUT2D eigenvalue weighted by molar-refractivity contribution is 7.86. The minimum Gasteiger partial charge on any atom is -0.396 e. The molecule has 5 nitrogen and oxygen atoms in total. The molecule has 1 heterocycles. The summed E-state index contributed by atoms with van der Waals surface area (Å²) in [6.45, 7) is 1.30. The van der Waals surface area contributed by atoms with Gasteiger partial charge in [0, 0.05) is 33.3 Å². The fourth-order valence-electron chi connectivity index (χ4n) is 2.27. The third-order valence-electron chi connectivity index (χ3n) is 3.45. The molecule has 1 N–H and O–H groups in total. The Morgan fingerprint density at radius 3 is 2.68 bits per heavy atom. The van der Waals surface area contributed by atoms with Crippen LogP contribution in [0.5, 0.6) is 0 Å². The summed E-state index contributed by atoms with van der Waals surface area (Å²) in [6.07, 6.45) is 1.21. The van der Waals surface area contributed by atoms with E-state index in [1.165, 1.54) is 14.2 Å². The minimum absolute atomic E-state index is 0.00267. The molecule has 0 spiro atoms. The molecule has 0 fully saturated rings. The van der Waals surface area contributed by atoms with Gasteiger partial charge >= 0.3 is 0 Å². The molecule has 1 aliphatic rings. The number of aliphatic hydroxyl groups is 1. The number of nitrogens with zero attached hydrogens (tertiary/aromatic N) is 2. The third-order valence-corrected chi connectivity index (χ3v) is 5.38. The molecule has 0 bridgehead atoms. The molecular weight excluding hydrogens is 264 g/mol. The zero-order valence-corrected chi connectivity index (χ0v) is 11.9. The van der Waals surface area contributed by atoms with Crippen LogP contribution in [0.15, 0.2) is 24.3 Å². The predicted octanol–water partition coefficient (Wildman–Crippen LogP) is 0.604. The molecule has 19 heavy (non-hydrogen) atoms. The summed E-state index contributed by atoms with van der Waals surface area (Å²) < 4.78 is 27.6. The van der Waals surface area contributed by atoms with Crippen LogP contribution in [0.25, 0.3) is 0 Å². The van der Waals surface area contributed by atoms with E-state index >= 15 is 0 Å². The third kappa shape index (κ3) is 3.14. The maximum atomic E-state index is 12.4. The number of aliphatic hydroxyl groups excluding tert-OH is 1. The lowest BCUT2D eigenvalue weighted by Crippen LogP contribution is -2.44.